The van der Waals surface area contributed by atoms with E-state index in [-0.39, 0.29) is 18.3 Å². The molecule has 1 N–H and O–H groups in total. The van der Waals surface area contributed by atoms with E-state index in [1.807, 2.05) is 23.1 Å². The molecular formula is C19H26ClN5O2. The highest BCUT2D eigenvalue weighted by atomic mass is 35.5. The zero-order valence-corrected chi connectivity index (χ0v) is 16.4. The Labute approximate surface area is 165 Å². The fraction of sp³-hybridized carbons (Fsp3) is 0.526. The van der Waals surface area contributed by atoms with E-state index in [1.54, 1.807) is 6.92 Å². The van der Waals surface area contributed by atoms with Crippen LogP contribution in [0.1, 0.15) is 40.0 Å². The second-order valence-electron chi connectivity index (χ2n) is 7.07. The Morgan fingerprint density at radius 2 is 2.04 bits per heavy atom. The Balaban J connectivity index is 0.00000210. The third kappa shape index (κ3) is 4.48. The first-order valence-electron chi connectivity index (χ1n) is 9.31. The van der Waals surface area contributed by atoms with Crippen molar-refractivity contribution in [1.29, 1.82) is 0 Å². The maximum absolute atomic E-state index is 13.1. The Kier molecular flexibility index (Phi) is 6.46. The minimum atomic E-state index is 0. The van der Waals surface area contributed by atoms with E-state index in [4.69, 9.17) is 4.52 Å². The van der Waals surface area contributed by atoms with E-state index in [1.165, 1.54) is 5.56 Å². The highest BCUT2D eigenvalue weighted by molar-refractivity contribution is 5.96. The number of halogens is 1. The van der Waals surface area contributed by atoms with Crippen molar-refractivity contribution in [3.8, 4) is 0 Å². The first-order valence-corrected chi connectivity index (χ1v) is 9.31. The van der Waals surface area contributed by atoms with Gasteiger partial charge in [0.2, 0.25) is 5.89 Å². The molecule has 1 atom stereocenters. The maximum atomic E-state index is 13.1. The molecule has 0 saturated carbocycles. The molecule has 27 heavy (non-hydrogen) atoms. The van der Waals surface area contributed by atoms with Crippen LogP contribution in [-0.4, -0.2) is 65.1 Å². The predicted octanol–water partition coefficient (Wildman–Crippen LogP) is 1.83. The third-order valence-electron chi connectivity index (χ3n) is 5.29. The summed E-state index contributed by atoms with van der Waals surface area (Å²) < 4.78 is 5.03. The summed E-state index contributed by atoms with van der Waals surface area (Å²) >= 11 is 0. The van der Waals surface area contributed by atoms with Crippen molar-refractivity contribution in [1.82, 2.24) is 25.3 Å². The Hall–Kier alpha value is -1.96. The first kappa shape index (κ1) is 19.8. The molecule has 2 aromatic rings. The number of nitrogens with one attached hydrogen (secondary N) is 1. The highest BCUT2D eigenvalue weighted by Gasteiger charge is 2.27. The number of hydrogen-bond donors (Lipinski definition) is 1. The molecule has 2 saturated heterocycles. The fourth-order valence-electron chi connectivity index (χ4n) is 3.85. The lowest BCUT2D eigenvalue weighted by molar-refractivity contribution is 0.0623. The average molecular weight is 392 g/mol. The maximum Gasteiger partial charge on any atom is 0.254 e. The van der Waals surface area contributed by atoms with E-state index in [0.717, 1.165) is 51.3 Å². The summed E-state index contributed by atoms with van der Waals surface area (Å²) in [6.45, 7) is 7.57. The molecular weight excluding hydrogens is 366 g/mol. The van der Waals surface area contributed by atoms with Crippen LogP contribution in [-0.2, 0) is 6.54 Å². The van der Waals surface area contributed by atoms with Gasteiger partial charge in [-0.2, -0.15) is 4.98 Å². The van der Waals surface area contributed by atoms with Gasteiger partial charge in [0.05, 0.1) is 6.54 Å². The molecule has 2 aliphatic heterocycles. The molecule has 4 rings (SSSR count). The van der Waals surface area contributed by atoms with Gasteiger partial charge in [-0.3, -0.25) is 9.69 Å². The summed E-state index contributed by atoms with van der Waals surface area (Å²) in [6, 6.07) is 8.09. The predicted molar refractivity (Wildman–Crippen MR) is 104 cm³/mol. The Morgan fingerprint density at radius 3 is 2.70 bits per heavy atom. The monoisotopic (exact) mass is 391 g/mol. The molecule has 7 nitrogen and oxygen atoms in total. The Morgan fingerprint density at radius 1 is 1.26 bits per heavy atom. The van der Waals surface area contributed by atoms with Crippen LogP contribution in [0.4, 0.5) is 0 Å². The number of amides is 1. The summed E-state index contributed by atoms with van der Waals surface area (Å²) in [5, 5.41) is 7.35. The summed E-state index contributed by atoms with van der Waals surface area (Å²) in [5.74, 6) is 1.90. The van der Waals surface area contributed by atoms with Crippen LogP contribution >= 0.6 is 12.4 Å². The van der Waals surface area contributed by atoms with E-state index in [2.05, 4.69) is 26.4 Å². The molecule has 1 aromatic heterocycles. The number of carbonyl (C=O) groups excluding carboxylic acids is 1. The molecule has 2 fully saturated rings. The van der Waals surface area contributed by atoms with Gasteiger partial charge >= 0.3 is 0 Å². The van der Waals surface area contributed by atoms with Crippen LogP contribution in [0, 0.1) is 6.92 Å². The standard InChI is InChI=1S/C19H25N5O2.ClH/c1-14-21-18(22-26-14)13-23-8-10-24(11-9-23)19(25)17-5-3-2-4-16(17)15-6-7-20-12-15;/h2-5,15,20H,6-13H2,1H3;1H. The van der Waals surface area contributed by atoms with Gasteiger partial charge in [-0.05, 0) is 30.5 Å². The summed E-state index contributed by atoms with van der Waals surface area (Å²) in [6.07, 6.45) is 1.10. The molecule has 0 spiro atoms. The van der Waals surface area contributed by atoms with Gasteiger partial charge in [-0.25, -0.2) is 0 Å². The van der Waals surface area contributed by atoms with E-state index < -0.39 is 0 Å². The van der Waals surface area contributed by atoms with Crippen molar-refractivity contribution in [3.63, 3.8) is 0 Å². The number of aromatic nitrogens is 2. The Bertz CT molecular complexity index is 767. The second kappa shape index (κ2) is 8.82. The number of hydrogen-bond acceptors (Lipinski definition) is 6. The van der Waals surface area contributed by atoms with E-state index in [0.29, 0.717) is 24.2 Å². The molecule has 0 aliphatic carbocycles. The van der Waals surface area contributed by atoms with Crippen LogP contribution in [0.3, 0.4) is 0 Å². The number of nitrogens with zero attached hydrogens (tertiary/aromatic N) is 4. The lowest BCUT2D eigenvalue weighted by Crippen LogP contribution is -2.48. The third-order valence-corrected chi connectivity index (χ3v) is 5.29. The van der Waals surface area contributed by atoms with Crippen LogP contribution in [0.25, 0.3) is 0 Å². The molecule has 1 aromatic carbocycles. The SMILES string of the molecule is Cc1nc(CN2CCN(C(=O)c3ccccc3C3CCNC3)CC2)no1.Cl. The zero-order valence-electron chi connectivity index (χ0n) is 15.6. The summed E-state index contributed by atoms with van der Waals surface area (Å²) in [7, 11) is 0. The van der Waals surface area contributed by atoms with Gasteiger partial charge in [-0.1, -0.05) is 23.4 Å². The second-order valence-corrected chi connectivity index (χ2v) is 7.07. The van der Waals surface area contributed by atoms with Gasteiger partial charge in [0, 0.05) is 45.2 Å². The van der Waals surface area contributed by atoms with Crippen LogP contribution < -0.4 is 5.32 Å². The van der Waals surface area contributed by atoms with Crippen LogP contribution in [0.2, 0.25) is 0 Å². The molecule has 1 unspecified atom stereocenters. The smallest absolute Gasteiger partial charge is 0.254 e. The lowest BCUT2D eigenvalue weighted by Gasteiger charge is -2.34. The lowest BCUT2D eigenvalue weighted by atomic mass is 9.93. The number of aryl methyl sites for hydroxylation is 1. The molecule has 8 heteroatoms. The van der Waals surface area contributed by atoms with Gasteiger partial charge < -0.3 is 14.7 Å². The number of rotatable bonds is 4. The molecule has 3 heterocycles. The molecule has 146 valence electrons. The number of carbonyl (C=O) groups is 1. The molecule has 0 bridgehead atoms. The van der Waals surface area contributed by atoms with Crippen LogP contribution in [0.5, 0.6) is 0 Å². The minimum Gasteiger partial charge on any atom is -0.340 e. The van der Waals surface area contributed by atoms with Crippen LogP contribution in [0.15, 0.2) is 28.8 Å². The summed E-state index contributed by atoms with van der Waals surface area (Å²) in [4.78, 5) is 21.6. The zero-order chi connectivity index (χ0) is 17.9. The highest BCUT2D eigenvalue weighted by Crippen LogP contribution is 2.26. The van der Waals surface area contributed by atoms with E-state index >= 15 is 0 Å². The van der Waals surface area contributed by atoms with Gasteiger partial charge in [0.15, 0.2) is 5.82 Å². The van der Waals surface area contributed by atoms with Crippen molar-refractivity contribution in [3.05, 3.63) is 47.1 Å². The van der Waals surface area contributed by atoms with Gasteiger partial charge in [0.1, 0.15) is 0 Å². The topological polar surface area (TPSA) is 74.5 Å². The largest absolute Gasteiger partial charge is 0.340 e. The first-order chi connectivity index (χ1) is 12.7. The van der Waals surface area contributed by atoms with Crippen molar-refractivity contribution in [2.45, 2.75) is 25.8 Å². The van der Waals surface area contributed by atoms with Crippen molar-refractivity contribution in [2.75, 3.05) is 39.3 Å². The van der Waals surface area contributed by atoms with Gasteiger partial charge in [-0.15, -0.1) is 12.4 Å². The summed E-state index contributed by atoms with van der Waals surface area (Å²) in [5.41, 5.74) is 2.05. The van der Waals surface area contributed by atoms with Crippen molar-refractivity contribution in [2.24, 2.45) is 0 Å². The molecule has 2 aliphatic rings. The average Bonchev–Trinajstić information content (AvgIpc) is 3.34. The normalized spacial score (nSPS) is 20.5. The number of benzene rings is 1. The van der Waals surface area contributed by atoms with Crippen molar-refractivity contribution < 1.29 is 9.32 Å². The fourth-order valence-corrected chi connectivity index (χ4v) is 3.85. The quantitative estimate of drug-likeness (QED) is 0.857. The molecule has 1 amide bonds. The van der Waals surface area contributed by atoms with Crippen molar-refractivity contribution >= 4 is 18.3 Å². The van der Waals surface area contributed by atoms with E-state index in [9.17, 15) is 4.79 Å². The van der Waals surface area contributed by atoms with Gasteiger partial charge in [0.25, 0.3) is 5.91 Å². The number of piperazine rings is 1. The molecule has 0 radical (unpaired) electrons. The minimum absolute atomic E-state index is 0.